The van der Waals surface area contributed by atoms with Gasteiger partial charge in [0.05, 0.1) is 17.2 Å². The highest BCUT2D eigenvalue weighted by atomic mass is 16.3. The molecule has 1 aromatic carbocycles. The quantitative estimate of drug-likeness (QED) is 0.688. The van der Waals surface area contributed by atoms with E-state index in [0.717, 1.165) is 22.0 Å². The number of benzene rings is 1. The van der Waals surface area contributed by atoms with Gasteiger partial charge in [-0.2, -0.15) is 0 Å². The molecule has 0 spiro atoms. The zero-order valence-electron chi connectivity index (χ0n) is 18.3. The molecule has 1 atom stereocenters. The summed E-state index contributed by atoms with van der Waals surface area (Å²) < 4.78 is 1.80. The van der Waals surface area contributed by atoms with Gasteiger partial charge in [-0.1, -0.05) is 11.6 Å². The van der Waals surface area contributed by atoms with Crippen molar-refractivity contribution in [2.75, 3.05) is 13.1 Å². The van der Waals surface area contributed by atoms with Crippen molar-refractivity contribution >= 4 is 10.9 Å². The lowest BCUT2D eigenvalue weighted by atomic mass is 9.97. The topological polar surface area (TPSA) is 99.9 Å². The molecule has 0 bridgehead atoms. The summed E-state index contributed by atoms with van der Waals surface area (Å²) in [5.74, 6) is 0.646. The Balaban J connectivity index is 1.92. The van der Waals surface area contributed by atoms with E-state index in [9.17, 15) is 9.90 Å². The molecule has 160 valence electrons. The minimum atomic E-state index is -0.388. The Morgan fingerprint density at radius 1 is 1.17 bits per heavy atom. The van der Waals surface area contributed by atoms with Crippen molar-refractivity contribution in [1.82, 2.24) is 30.1 Å². The third-order valence-electron chi connectivity index (χ3n) is 5.85. The van der Waals surface area contributed by atoms with Crippen LogP contribution < -0.4 is 5.56 Å². The van der Waals surface area contributed by atoms with Crippen molar-refractivity contribution in [2.24, 2.45) is 0 Å². The fourth-order valence-corrected chi connectivity index (χ4v) is 4.39. The van der Waals surface area contributed by atoms with E-state index < -0.39 is 0 Å². The van der Waals surface area contributed by atoms with Crippen LogP contribution in [0.4, 0.5) is 0 Å². The van der Waals surface area contributed by atoms with Gasteiger partial charge in [-0.25, -0.2) is 4.68 Å². The second-order valence-corrected chi connectivity index (χ2v) is 9.39. The Labute approximate surface area is 175 Å². The molecule has 0 aliphatic carbocycles. The number of rotatable bonds is 3. The van der Waals surface area contributed by atoms with Crippen molar-refractivity contribution in [3.05, 3.63) is 51.1 Å². The van der Waals surface area contributed by atoms with Gasteiger partial charge in [-0.05, 0) is 81.0 Å². The standard InChI is InChI=1S/C22H30N6O2/c1-13-10-14(2)18-15(11-13)12-17(21(30)23-18)19(27-8-6-16(29)7-9-27)20-24-25-26-28(20)22(3,4)5/h10-12,16,19,29H,6-9H2,1-5H3,(H,23,30)/t19-/m1/s1. The average molecular weight is 411 g/mol. The first kappa shape index (κ1) is 20.7. The number of piperidine rings is 1. The van der Waals surface area contributed by atoms with Gasteiger partial charge in [-0.3, -0.25) is 9.69 Å². The number of tetrazole rings is 1. The maximum atomic E-state index is 13.3. The Kier molecular flexibility index (Phi) is 5.23. The molecule has 2 N–H and O–H groups in total. The van der Waals surface area contributed by atoms with Gasteiger partial charge in [0.15, 0.2) is 5.82 Å². The largest absolute Gasteiger partial charge is 0.393 e. The van der Waals surface area contributed by atoms with Gasteiger partial charge in [0.25, 0.3) is 5.56 Å². The summed E-state index contributed by atoms with van der Waals surface area (Å²) in [4.78, 5) is 18.6. The third-order valence-corrected chi connectivity index (χ3v) is 5.85. The molecule has 1 aliphatic heterocycles. The first-order valence-corrected chi connectivity index (χ1v) is 10.5. The Bertz CT molecular complexity index is 1120. The molecule has 0 saturated carbocycles. The average Bonchev–Trinajstić information content (AvgIpc) is 3.14. The van der Waals surface area contributed by atoms with Crippen molar-refractivity contribution in [3.8, 4) is 0 Å². The molecule has 0 amide bonds. The molecule has 3 heterocycles. The van der Waals surface area contributed by atoms with Crippen molar-refractivity contribution < 1.29 is 5.11 Å². The summed E-state index contributed by atoms with van der Waals surface area (Å²) in [5, 5.41) is 23.5. The molecule has 4 rings (SSSR count). The van der Waals surface area contributed by atoms with E-state index in [1.165, 1.54) is 0 Å². The normalized spacial score (nSPS) is 17.5. The minimum Gasteiger partial charge on any atom is -0.393 e. The second kappa shape index (κ2) is 7.59. The number of nitrogens with zero attached hydrogens (tertiary/aromatic N) is 5. The zero-order chi connectivity index (χ0) is 21.6. The lowest BCUT2D eigenvalue weighted by Crippen LogP contribution is -2.42. The van der Waals surface area contributed by atoms with Crippen LogP contribution in [-0.4, -0.2) is 54.4 Å². The summed E-state index contributed by atoms with van der Waals surface area (Å²) in [5.41, 5.74) is 3.22. The summed E-state index contributed by atoms with van der Waals surface area (Å²) in [6.45, 7) is 11.5. The number of aromatic nitrogens is 5. The molecule has 1 aliphatic rings. The molecule has 1 saturated heterocycles. The number of hydrogen-bond acceptors (Lipinski definition) is 6. The van der Waals surface area contributed by atoms with Crippen LogP contribution in [0.3, 0.4) is 0 Å². The molecule has 0 radical (unpaired) electrons. The number of pyridine rings is 1. The molecular formula is C22H30N6O2. The van der Waals surface area contributed by atoms with E-state index in [2.05, 4.69) is 44.5 Å². The van der Waals surface area contributed by atoms with E-state index >= 15 is 0 Å². The first-order chi connectivity index (χ1) is 14.1. The summed E-state index contributed by atoms with van der Waals surface area (Å²) in [6, 6.07) is 5.75. The molecule has 8 heteroatoms. The van der Waals surface area contributed by atoms with Crippen molar-refractivity contribution in [3.63, 3.8) is 0 Å². The SMILES string of the molecule is Cc1cc(C)c2[nH]c(=O)c([C@H](c3nnnn3C(C)(C)C)N3CCC(O)CC3)cc2c1. The molecule has 8 nitrogen and oxygen atoms in total. The molecule has 30 heavy (non-hydrogen) atoms. The van der Waals surface area contributed by atoms with Crippen LogP contribution in [0.25, 0.3) is 10.9 Å². The smallest absolute Gasteiger partial charge is 0.253 e. The first-order valence-electron chi connectivity index (χ1n) is 10.5. The predicted molar refractivity (Wildman–Crippen MR) is 116 cm³/mol. The lowest BCUT2D eigenvalue weighted by molar-refractivity contribution is 0.0647. The number of likely N-dealkylation sites (tertiary alicyclic amines) is 1. The number of aliphatic hydroxyl groups is 1. The van der Waals surface area contributed by atoms with Gasteiger partial charge in [-0.15, -0.1) is 5.10 Å². The minimum absolute atomic E-state index is 0.131. The highest BCUT2D eigenvalue weighted by Gasteiger charge is 2.35. The van der Waals surface area contributed by atoms with E-state index in [0.29, 0.717) is 37.3 Å². The van der Waals surface area contributed by atoms with Gasteiger partial charge in [0.2, 0.25) is 0 Å². The number of aryl methyl sites for hydroxylation is 2. The monoisotopic (exact) mass is 410 g/mol. The molecule has 3 aromatic rings. The van der Waals surface area contributed by atoms with E-state index in [1.807, 2.05) is 33.8 Å². The predicted octanol–water partition coefficient (Wildman–Crippen LogP) is 2.43. The zero-order valence-corrected chi connectivity index (χ0v) is 18.3. The molecular weight excluding hydrogens is 380 g/mol. The summed E-state index contributed by atoms with van der Waals surface area (Å²) >= 11 is 0. The molecule has 0 unspecified atom stereocenters. The number of fused-ring (bicyclic) bond motifs is 1. The highest BCUT2D eigenvalue weighted by molar-refractivity contribution is 5.83. The summed E-state index contributed by atoms with van der Waals surface area (Å²) in [6.07, 6.45) is 1.02. The molecule has 2 aromatic heterocycles. The van der Waals surface area contributed by atoms with Crippen LogP contribution >= 0.6 is 0 Å². The Morgan fingerprint density at radius 3 is 2.53 bits per heavy atom. The van der Waals surface area contributed by atoms with Gasteiger partial charge in [0.1, 0.15) is 6.04 Å². The fourth-order valence-electron chi connectivity index (χ4n) is 4.39. The Hall–Kier alpha value is -2.58. The van der Waals surface area contributed by atoms with E-state index in [-0.39, 0.29) is 23.2 Å². The maximum absolute atomic E-state index is 13.3. The van der Waals surface area contributed by atoms with Crippen LogP contribution in [0.2, 0.25) is 0 Å². The van der Waals surface area contributed by atoms with Gasteiger partial charge in [0, 0.05) is 18.7 Å². The third kappa shape index (κ3) is 3.77. The van der Waals surface area contributed by atoms with Crippen molar-refractivity contribution in [1.29, 1.82) is 0 Å². The van der Waals surface area contributed by atoms with E-state index in [1.54, 1.807) is 4.68 Å². The Morgan fingerprint density at radius 2 is 1.87 bits per heavy atom. The van der Waals surface area contributed by atoms with E-state index in [4.69, 9.17) is 0 Å². The number of hydrogen-bond donors (Lipinski definition) is 2. The number of H-pyrrole nitrogens is 1. The van der Waals surface area contributed by atoms with Crippen LogP contribution in [0.5, 0.6) is 0 Å². The van der Waals surface area contributed by atoms with Crippen LogP contribution in [0.1, 0.15) is 62.2 Å². The number of aliphatic hydroxyl groups excluding tert-OH is 1. The van der Waals surface area contributed by atoms with Gasteiger partial charge >= 0.3 is 0 Å². The van der Waals surface area contributed by atoms with Crippen LogP contribution in [-0.2, 0) is 5.54 Å². The summed E-state index contributed by atoms with van der Waals surface area (Å²) in [7, 11) is 0. The fraction of sp³-hybridized carbons (Fsp3) is 0.545. The highest BCUT2D eigenvalue weighted by Crippen LogP contribution is 2.31. The van der Waals surface area contributed by atoms with Gasteiger partial charge < -0.3 is 10.1 Å². The van der Waals surface area contributed by atoms with Crippen LogP contribution in [0.15, 0.2) is 23.0 Å². The number of nitrogens with one attached hydrogen (secondary N) is 1. The maximum Gasteiger partial charge on any atom is 0.253 e. The van der Waals surface area contributed by atoms with Crippen LogP contribution in [0, 0.1) is 13.8 Å². The van der Waals surface area contributed by atoms with Crippen molar-refractivity contribution in [2.45, 2.75) is 65.1 Å². The lowest BCUT2D eigenvalue weighted by Gasteiger charge is -2.36. The number of aromatic amines is 1. The molecule has 1 fully saturated rings. The second-order valence-electron chi connectivity index (χ2n) is 9.39.